The molecular formula is C24H23N5OS. The highest BCUT2D eigenvalue weighted by Crippen LogP contribution is 2.37. The van der Waals surface area contributed by atoms with Crippen LogP contribution in [-0.4, -0.2) is 22.4 Å². The summed E-state index contributed by atoms with van der Waals surface area (Å²) in [5, 5.41) is 10.8. The molecule has 7 heteroatoms. The second-order valence-corrected chi connectivity index (χ2v) is 8.52. The molecule has 0 saturated heterocycles. The van der Waals surface area contributed by atoms with Crippen molar-refractivity contribution in [2.45, 2.75) is 25.8 Å². The Morgan fingerprint density at radius 1 is 1.06 bits per heavy atom. The van der Waals surface area contributed by atoms with E-state index in [9.17, 15) is 4.79 Å². The number of thiophene rings is 1. The van der Waals surface area contributed by atoms with Crippen LogP contribution in [0.15, 0.2) is 53.9 Å². The highest BCUT2D eigenvalue weighted by atomic mass is 32.1. The molecule has 4 aromatic rings. The van der Waals surface area contributed by atoms with Crippen molar-refractivity contribution in [3.63, 3.8) is 0 Å². The Hall–Kier alpha value is -3.45. The third-order valence-corrected chi connectivity index (χ3v) is 6.56. The number of nitrogens with two attached hydrogens (primary N) is 1. The number of carbonyl (C=O) groups is 1. The monoisotopic (exact) mass is 429 g/mol. The van der Waals surface area contributed by atoms with Crippen molar-refractivity contribution in [3.05, 3.63) is 70.6 Å². The molecule has 2 aromatic heterocycles. The summed E-state index contributed by atoms with van der Waals surface area (Å²) in [7, 11) is 0. The number of amides is 1. The van der Waals surface area contributed by atoms with Gasteiger partial charge in [-0.1, -0.05) is 42.5 Å². The molecule has 5 rings (SSSR count). The molecule has 156 valence electrons. The van der Waals surface area contributed by atoms with Gasteiger partial charge in [-0.25, -0.2) is 9.97 Å². The Kier molecular flexibility index (Phi) is 5.26. The fourth-order valence-corrected chi connectivity index (χ4v) is 4.98. The van der Waals surface area contributed by atoms with Crippen molar-refractivity contribution >= 4 is 39.7 Å². The Labute approximate surface area is 184 Å². The number of hydrogen-bond acceptors (Lipinski definition) is 6. The quantitative estimate of drug-likeness (QED) is 0.423. The van der Waals surface area contributed by atoms with Gasteiger partial charge in [-0.3, -0.25) is 4.79 Å². The van der Waals surface area contributed by atoms with Crippen molar-refractivity contribution in [2.75, 3.05) is 17.2 Å². The van der Waals surface area contributed by atoms with Gasteiger partial charge < -0.3 is 16.4 Å². The number of nitrogens with one attached hydrogen (secondary N) is 2. The van der Waals surface area contributed by atoms with Crippen molar-refractivity contribution in [2.24, 2.45) is 5.73 Å². The molecule has 1 aliphatic rings. The first kappa shape index (κ1) is 19.5. The van der Waals surface area contributed by atoms with Gasteiger partial charge in [-0.2, -0.15) is 0 Å². The minimum atomic E-state index is -0.426. The SMILES string of the molecule is NC(=O)c1cccc2c(-c3nc4c(c(NCc5ccccc5)n3)CCCCN4)scc12. The van der Waals surface area contributed by atoms with Gasteiger partial charge in [-0.15, -0.1) is 11.3 Å². The second-order valence-electron chi connectivity index (χ2n) is 7.64. The Morgan fingerprint density at radius 3 is 2.77 bits per heavy atom. The van der Waals surface area contributed by atoms with Gasteiger partial charge in [0.1, 0.15) is 11.6 Å². The van der Waals surface area contributed by atoms with Crippen molar-refractivity contribution in [1.29, 1.82) is 0 Å². The van der Waals surface area contributed by atoms with Gasteiger partial charge in [0.05, 0.1) is 4.88 Å². The lowest BCUT2D eigenvalue weighted by molar-refractivity contribution is 0.100. The third kappa shape index (κ3) is 3.84. The number of carbonyl (C=O) groups excluding carboxylic acids is 1. The Balaban J connectivity index is 1.59. The summed E-state index contributed by atoms with van der Waals surface area (Å²) >= 11 is 1.54. The molecule has 0 radical (unpaired) electrons. The number of rotatable bonds is 5. The van der Waals surface area contributed by atoms with Crippen LogP contribution in [0, 0.1) is 0 Å². The summed E-state index contributed by atoms with van der Waals surface area (Å²) < 4.78 is 0. The predicted octanol–water partition coefficient (Wildman–Crippen LogP) is 4.82. The maximum atomic E-state index is 11.8. The molecule has 6 nitrogen and oxygen atoms in total. The summed E-state index contributed by atoms with van der Waals surface area (Å²) in [6.45, 7) is 1.60. The van der Waals surface area contributed by atoms with Crippen LogP contribution in [0.1, 0.15) is 34.3 Å². The van der Waals surface area contributed by atoms with E-state index in [1.165, 1.54) is 16.9 Å². The molecule has 0 unspecified atom stereocenters. The molecule has 0 aliphatic carbocycles. The number of benzene rings is 2. The molecule has 0 spiro atoms. The molecule has 4 N–H and O–H groups in total. The number of anilines is 2. The first-order valence-electron chi connectivity index (χ1n) is 10.4. The maximum absolute atomic E-state index is 11.8. The molecule has 0 atom stereocenters. The van der Waals surface area contributed by atoms with Crippen LogP contribution < -0.4 is 16.4 Å². The number of aromatic nitrogens is 2. The topological polar surface area (TPSA) is 92.9 Å². The highest BCUT2D eigenvalue weighted by Gasteiger charge is 2.20. The second kappa shape index (κ2) is 8.35. The molecule has 0 fully saturated rings. The van der Waals surface area contributed by atoms with Gasteiger partial charge in [0.25, 0.3) is 0 Å². The minimum Gasteiger partial charge on any atom is -0.370 e. The molecule has 0 saturated carbocycles. The zero-order valence-corrected chi connectivity index (χ0v) is 17.8. The van der Waals surface area contributed by atoms with Crippen LogP contribution in [0.2, 0.25) is 0 Å². The summed E-state index contributed by atoms with van der Waals surface area (Å²) in [6, 6.07) is 15.9. The van der Waals surface area contributed by atoms with Crippen molar-refractivity contribution in [1.82, 2.24) is 9.97 Å². The lowest BCUT2D eigenvalue weighted by Crippen LogP contribution is -2.11. The van der Waals surface area contributed by atoms with Crippen LogP contribution >= 0.6 is 11.3 Å². The molecule has 2 aromatic carbocycles. The molecule has 3 heterocycles. The van der Waals surface area contributed by atoms with Gasteiger partial charge in [0, 0.05) is 40.4 Å². The molecular weight excluding hydrogens is 406 g/mol. The largest absolute Gasteiger partial charge is 0.370 e. The number of primary amides is 1. The van der Waals surface area contributed by atoms with E-state index in [2.05, 4.69) is 22.8 Å². The first-order chi connectivity index (χ1) is 15.2. The third-order valence-electron chi connectivity index (χ3n) is 5.57. The van der Waals surface area contributed by atoms with E-state index in [-0.39, 0.29) is 0 Å². The lowest BCUT2D eigenvalue weighted by atomic mass is 10.1. The average Bonchev–Trinajstić information content (AvgIpc) is 3.08. The van der Waals surface area contributed by atoms with Crippen molar-refractivity contribution < 1.29 is 4.79 Å². The van der Waals surface area contributed by atoms with E-state index in [0.717, 1.165) is 58.7 Å². The van der Waals surface area contributed by atoms with Gasteiger partial charge in [0.2, 0.25) is 5.91 Å². The van der Waals surface area contributed by atoms with E-state index in [0.29, 0.717) is 17.9 Å². The molecule has 31 heavy (non-hydrogen) atoms. The fourth-order valence-electron chi connectivity index (χ4n) is 3.99. The Morgan fingerprint density at radius 2 is 1.94 bits per heavy atom. The summed E-state index contributed by atoms with van der Waals surface area (Å²) in [6.07, 6.45) is 3.15. The predicted molar refractivity (Wildman–Crippen MR) is 127 cm³/mol. The van der Waals surface area contributed by atoms with Crippen molar-refractivity contribution in [3.8, 4) is 10.7 Å². The minimum absolute atomic E-state index is 0.426. The van der Waals surface area contributed by atoms with Crippen LogP contribution in [0.3, 0.4) is 0 Å². The standard InChI is InChI=1S/C24H23N5OS/c25-21(30)17-11-6-10-16-19(17)14-31-20(16)24-28-22-18(9-4-5-12-26-22)23(29-24)27-13-15-7-2-1-3-8-15/h1-3,6-8,10-11,14H,4-5,9,12-13H2,(H2,25,30)(H2,26,27,28,29). The van der Waals surface area contributed by atoms with E-state index in [4.69, 9.17) is 15.7 Å². The highest BCUT2D eigenvalue weighted by molar-refractivity contribution is 7.15. The number of hydrogen-bond donors (Lipinski definition) is 3. The van der Waals surface area contributed by atoms with Gasteiger partial charge >= 0.3 is 0 Å². The number of nitrogens with zero attached hydrogens (tertiary/aromatic N) is 2. The molecule has 1 amide bonds. The lowest BCUT2D eigenvalue weighted by Gasteiger charge is -2.15. The Bertz CT molecular complexity index is 1250. The van der Waals surface area contributed by atoms with E-state index in [1.807, 2.05) is 35.7 Å². The van der Waals surface area contributed by atoms with Gasteiger partial charge in [0.15, 0.2) is 5.82 Å². The van der Waals surface area contributed by atoms with E-state index < -0.39 is 5.91 Å². The maximum Gasteiger partial charge on any atom is 0.249 e. The smallest absolute Gasteiger partial charge is 0.249 e. The van der Waals surface area contributed by atoms with Crippen LogP contribution in [0.4, 0.5) is 11.6 Å². The van der Waals surface area contributed by atoms with Crippen LogP contribution in [0.5, 0.6) is 0 Å². The van der Waals surface area contributed by atoms with Gasteiger partial charge in [-0.05, 0) is 30.9 Å². The molecule has 0 bridgehead atoms. The van der Waals surface area contributed by atoms with Crippen LogP contribution in [0.25, 0.3) is 21.5 Å². The van der Waals surface area contributed by atoms with E-state index in [1.54, 1.807) is 6.07 Å². The summed E-state index contributed by atoms with van der Waals surface area (Å²) in [4.78, 5) is 22.6. The first-order valence-corrected chi connectivity index (χ1v) is 11.3. The molecule has 1 aliphatic heterocycles. The van der Waals surface area contributed by atoms with E-state index >= 15 is 0 Å². The number of fused-ring (bicyclic) bond motifs is 2. The fraction of sp³-hybridized carbons (Fsp3) is 0.208. The van der Waals surface area contributed by atoms with Crippen LogP contribution in [-0.2, 0) is 13.0 Å². The zero-order chi connectivity index (χ0) is 21.2. The summed E-state index contributed by atoms with van der Waals surface area (Å²) in [5.41, 5.74) is 8.43. The zero-order valence-electron chi connectivity index (χ0n) is 17.0. The normalized spacial score (nSPS) is 13.3. The summed E-state index contributed by atoms with van der Waals surface area (Å²) in [5.74, 6) is 1.99. The average molecular weight is 430 g/mol.